The van der Waals surface area contributed by atoms with Gasteiger partial charge in [-0.15, -0.1) is 0 Å². The van der Waals surface area contributed by atoms with Gasteiger partial charge in [0.2, 0.25) is 5.91 Å². The number of methoxy groups -OCH3 is 1. The number of benzene rings is 2. The first kappa shape index (κ1) is 18.9. The average Bonchev–Trinajstić information content (AvgIpc) is 3.08. The van der Waals surface area contributed by atoms with Crippen molar-refractivity contribution in [2.45, 2.75) is 32.6 Å². The van der Waals surface area contributed by atoms with Crippen LogP contribution in [0, 0.1) is 6.92 Å². The molecule has 1 aliphatic heterocycles. The van der Waals surface area contributed by atoms with E-state index in [1.807, 2.05) is 31.2 Å². The molecule has 0 bridgehead atoms. The standard InChI is InChI=1S/C23H23N3O3/c1-4-15-8-10-17(11-9-15)26-23-21(14(2)25-26)19(13-20(27)24-23)22(28)16-6-5-7-18(12-16)29-3/h5-12,19H,4,13H2,1-3H3,(H,24,27). The fraction of sp³-hybridized carbons (Fsp3) is 0.261. The summed E-state index contributed by atoms with van der Waals surface area (Å²) in [4.78, 5) is 25.7. The fourth-order valence-corrected chi connectivity index (χ4v) is 3.81. The van der Waals surface area contributed by atoms with Crippen LogP contribution in [0.5, 0.6) is 5.75 Å². The minimum Gasteiger partial charge on any atom is -0.497 e. The van der Waals surface area contributed by atoms with Crippen molar-refractivity contribution in [3.05, 3.63) is 70.9 Å². The number of rotatable bonds is 5. The summed E-state index contributed by atoms with van der Waals surface area (Å²) in [5.74, 6) is 0.313. The second-order valence-electron chi connectivity index (χ2n) is 7.18. The first-order valence-corrected chi connectivity index (χ1v) is 9.68. The molecule has 1 aromatic heterocycles. The van der Waals surface area contributed by atoms with Crippen molar-refractivity contribution in [2.75, 3.05) is 12.4 Å². The number of aromatic nitrogens is 2. The van der Waals surface area contributed by atoms with Gasteiger partial charge in [-0.05, 0) is 43.2 Å². The van der Waals surface area contributed by atoms with Crippen LogP contribution in [0.15, 0.2) is 48.5 Å². The lowest BCUT2D eigenvalue weighted by molar-refractivity contribution is -0.116. The Morgan fingerprint density at radius 2 is 2.00 bits per heavy atom. The van der Waals surface area contributed by atoms with E-state index >= 15 is 0 Å². The molecular weight excluding hydrogens is 366 g/mol. The molecule has 1 aliphatic rings. The van der Waals surface area contributed by atoms with Crippen LogP contribution < -0.4 is 10.1 Å². The average molecular weight is 389 g/mol. The summed E-state index contributed by atoms with van der Waals surface area (Å²) < 4.78 is 6.95. The van der Waals surface area contributed by atoms with Crippen molar-refractivity contribution in [1.82, 2.24) is 9.78 Å². The molecule has 6 nitrogen and oxygen atoms in total. The molecule has 2 heterocycles. The summed E-state index contributed by atoms with van der Waals surface area (Å²) in [5, 5.41) is 7.56. The largest absolute Gasteiger partial charge is 0.497 e. The van der Waals surface area contributed by atoms with Gasteiger partial charge in [0.1, 0.15) is 11.6 Å². The predicted molar refractivity (Wildman–Crippen MR) is 111 cm³/mol. The van der Waals surface area contributed by atoms with Crippen LogP contribution in [0.1, 0.15) is 46.4 Å². The first-order valence-electron chi connectivity index (χ1n) is 9.68. The number of fused-ring (bicyclic) bond motifs is 1. The number of nitrogens with zero attached hydrogens (tertiary/aromatic N) is 2. The molecule has 1 amide bonds. The third-order valence-corrected chi connectivity index (χ3v) is 5.36. The van der Waals surface area contributed by atoms with E-state index in [1.54, 1.807) is 36.1 Å². The van der Waals surface area contributed by atoms with Gasteiger partial charge in [0.25, 0.3) is 0 Å². The SMILES string of the molecule is CCc1ccc(-n2nc(C)c3c2NC(=O)CC3C(=O)c2cccc(OC)c2)cc1. The molecule has 1 atom stereocenters. The molecule has 0 saturated heterocycles. The van der Waals surface area contributed by atoms with Gasteiger partial charge in [0, 0.05) is 17.5 Å². The molecule has 0 radical (unpaired) electrons. The number of Topliss-reactive ketones (excluding diaryl/α,β-unsaturated/α-hetero) is 1. The maximum absolute atomic E-state index is 13.3. The number of hydrogen-bond donors (Lipinski definition) is 1. The Bertz CT molecular complexity index is 1080. The van der Waals surface area contributed by atoms with E-state index in [0.717, 1.165) is 23.4 Å². The number of nitrogens with one attached hydrogen (secondary N) is 1. The van der Waals surface area contributed by atoms with Crippen LogP contribution in [-0.2, 0) is 11.2 Å². The number of ketones is 1. The third-order valence-electron chi connectivity index (χ3n) is 5.36. The van der Waals surface area contributed by atoms with Crippen LogP contribution in [0.4, 0.5) is 5.82 Å². The molecule has 6 heteroatoms. The molecule has 0 aliphatic carbocycles. The van der Waals surface area contributed by atoms with Crippen molar-refractivity contribution in [2.24, 2.45) is 0 Å². The maximum Gasteiger partial charge on any atom is 0.226 e. The summed E-state index contributed by atoms with van der Waals surface area (Å²) in [5.41, 5.74) is 4.11. The molecule has 1 unspecified atom stereocenters. The Labute approximate surface area is 169 Å². The third kappa shape index (κ3) is 3.42. The summed E-state index contributed by atoms with van der Waals surface area (Å²) >= 11 is 0. The zero-order chi connectivity index (χ0) is 20.5. The minimum atomic E-state index is -0.575. The molecule has 4 rings (SSSR count). The second kappa shape index (κ2) is 7.54. The Balaban J connectivity index is 1.78. The lowest BCUT2D eigenvalue weighted by Crippen LogP contribution is -2.28. The van der Waals surface area contributed by atoms with Crippen LogP contribution in [0.2, 0.25) is 0 Å². The van der Waals surface area contributed by atoms with Gasteiger partial charge >= 0.3 is 0 Å². The van der Waals surface area contributed by atoms with Crippen molar-refractivity contribution >= 4 is 17.5 Å². The van der Waals surface area contributed by atoms with E-state index in [0.29, 0.717) is 17.1 Å². The molecule has 0 fully saturated rings. The lowest BCUT2D eigenvalue weighted by Gasteiger charge is -2.23. The van der Waals surface area contributed by atoms with E-state index in [9.17, 15) is 9.59 Å². The number of amides is 1. The van der Waals surface area contributed by atoms with E-state index < -0.39 is 5.92 Å². The highest BCUT2D eigenvalue weighted by atomic mass is 16.5. The second-order valence-corrected chi connectivity index (χ2v) is 7.18. The molecule has 148 valence electrons. The van der Waals surface area contributed by atoms with E-state index in [4.69, 9.17) is 4.74 Å². The van der Waals surface area contributed by atoms with Gasteiger partial charge in [-0.25, -0.2) is 4.68 Å². The van der Waals surface area contributed by atoms with E-state index in [-0.39, 0.29) is 18.1 Å². The highest BCUT2D eigenvalue weighted by Crippen LogP contribution is 2.38. The van der Waals surface area contributed by atoms with E-state index in [1.165, 1.54) is 5.56 Å². The zero-order valence-corrected chi connectivity index (χ0v) is 16.7. The molecule has 2 aromatic carbocycles. The smallest absolute Gasteiger partial charge is 0.226 e. The van der Waals surface area contributed by atoms with Crippen molar-refractivity contribution in [3.63, 3.8) is 0 Å². The Hall–Kier alpha value is -3.41. The molecule has 3 aromatic rings. The number of hydrogen-bond acceptors (Lipinski definition) is 4. The van der Waals surface area contributed by atoms with Crippen LogP contribution >= 0.6 is 0 Å². The summed E-state index contributed by atoms with van der Waals surface area (Å²) in [7, 11) is 1.56. The first-order chi connectivity index (χ1) is 14.0. The van der Waals surface area contributed by atoms with E-state index in [2.05, 4.69) is 17.3 Å². The minimum absolute atomic E-state index is 0.102. The Morgan fingerprint density at radius 3 is 2.69 bits per heavy atom. The van der Waals surface area contributed by atoms with Gasteiger partial charge in [-0.3, -0.25) is 9.59 Å². The number of carbonyl (C=O) groups is 2. The van der Waals surface area contributed by atoms with Gasteiger partial charge in [-0.2, -0.15) is 5.10 Å². The monoisotopic (exact) mass is 389 g/mol. The number of aryl methyl sites for hydroxylation is 2. The number of anilines is 1. The molecule has 0 saturated carbocycles. The summed E-state index contributed by atoms with van der Waals surface area (Å²) in [6.07, 6.45) is 1.05. The van der Waals surface area contributed by atoms with Crippen molar-refractivity contribution in [1.29, 1.82) is 0 Å². The number of ether oxygens (including phenoxy) is 1. The molecular formula is C23H23N3O3. The lowest BCUT2D eigenvalue weighted by atomic mass is 9.85. The van der Waals surface area contributed by atoms with Gasteiger partial charge in [0.15, 0.2) is 5.78 Å². The summed E-state index contributed by atoms with van der Waals surface area (Å²) in [6, 6.07) is 15.1. The van der Waals surface area contributed by atoms with Crippen molar-refractivity contribution in [3.8, 4) is 11.4 Å². The maximum atomic E-state index is 13.3. The zero-order valence-electron chi connectivity index (χ0n) is 16.7. The van der Waals surface area contributed by atoms with Crippen LogP contribution in [-0.4, -0.2) is 28.6 Å². The van der Waals surface area contributed by atoms with Crippen molar-refractivity contribution < 1.29 is 14.3 Å². The molecule has 0 spiro atoms. The highest BCUT2D eigenvalue weighted by molar-refractivity contribution is 6.08. The molecule has 1 N–H and O–H groups in total. The Morgan fingerprint density at radius 1 is 1.24 bits per heavy atom. The predicted octanol–water partition coefficient (Wildman–Crippen LogP) is 4.06. The van der Waals surface area contributed by atoms with Crippen LogP contribution in [0.3, 0.4) is 0 Å². The highest BCUT2D eigenvalue weighted by Gasteiger charge is 2.36. The Kier molecular flexibility index (Phi) is 4.92. The topological polar surface area (TPSA) is 73.2 Å². The van der Waals surface area contributed by atoms with Gasteiger partial charge in [0.05, 0.1) is 24.4 Å². The quantitative estimate of drug-likeness (QED) is 0.668. The fourth-order valence-electron chi connectivity index (χ4n) is 3.81. The summed E-state index contributed by atoms with van der Waals surface area (Å²) in [6.45, 7) is 3.98. The molecule has 29 heavy (non-hydrogen) atoms. The number of carbonyl (C=O) groups excluding carboxylic acids is 2. The van der Waals surface area contributed by atoms with Gasteiger partial charge in [-0.1, -0.05) is 31.2 Å². The normalized spacial score (nSPS) is 15.6. The van der Waals surface area contributed by atoms with Crippen LogP contribution in [0.25, 0.3) is 5.69 Å². The van der Waals surface area contributed by atoms with Gasteiger partial charge < -0.3 is 10.1 Å².